The van der Waals surface area contributed by atoms with E-state index in [-0.39, 0.29) is 19.0 Å². The van der Waals surface area contributed by atoms with E-state index in [4.69, 9.17) is 0 Å². The van der Waals surface area contributed by atoms with Gasteiger partial charge in [-0.1, -0.05) is 35.0 Å². The van der Waals surface area contributed by atoms with E-state index in [1.54, 1.807) is 30.4 Å². The van der Waals surface area contributed by atoms with Gasteiger partial charge < -0.3 is 5.32 Å². The number of hydrogen-bond donors (Lipinski definition) is 2. The Labute approximate surface area is 169 Å². The summed E-state index contributed by atoms with van der Waals surface area (Å²) in [6.45, 7) is 1.76. The zero-order chi connectivity index (χ0) is 21.2. The van der Waals surface area contributed by atoms with Crippen molar-refractivity contribution in [3.05, 3.63) is 75.6 Å². The number of hydrazine groups is 1. The molecule has 0 bridgehead atoms. The maximum Gasteiger partial charge on any atom is 0.251 e. The zero-order valence-electron chi connectivity index (χ0n) is 16.4. The molecule has 0 spiro atoms. The molecular weight excluding hydrogens is 394 g/mol. The summed E-state index contributed by atoms with van der Waals surface area (Å²) in [5.41, 5.74) is 6.79. The summed E-state index contributed by atoms with van der Waals surface area (Å²) < 4.78 is 25.4. The van der Waals surface area contributed by atoms with E-state index in [2.05, 4.69) is 15.9 Å². The number of amides is 1. The summed E-state index contributed by atoms with van der Waals surface area (Å²) in [4.78, 5) is 23.1. The van der Waals surface area contributed by atoms with E-state index in [1.165, 1.54) is 0 Å². The highest BCUT2D eigenvalue weighted by atomic mass is 32.2. The lowest BCUT2D eigenvalue weighted by Gasteiger charge is -2.28. The van der Waals surface area contributed by atoms with Gasteiger partial charge in [0.15, 0.2) is 0 Å². The molecule has 10 heteroatoms. The fourth-order valence-electron chi connectivity index (χ4n) is 3.32. The van der Waals surface area contributed by atoms with Crippen LogP contribution in [0, 0.1) is 11.8 Å². The molecule has 9 nitrogen and oxygen atoms in total. The van der Waals surface area contributed by atoms with Crippen LogP contribution in [0.2, 0.25) is 0 Å². The van der Waals surface area contributed by atoms with Gasteiger partial charge in [-0.2, -0.15) is 4.91 Å². The van der Waals surface area contributed by atoms with Gasteiger partial charge in [-0.05, 0) is 24.6 Å². The van der Waals surface area contributed by atoms with Gasteiger partial charge >= 0.3 is 0 Å². The summed E-state index contributed by atoms with van der Waals surface area (Å²) in [7, 11) is -2.04. The van der Waals surface area contributed by atoms with Crippen LogP contribution in [0.15, 0.2) is 64.8 Å². The lowest BCUT2D eigenvalue weighted by atomic mass is 9.97. The van der Waals surface area contributed by atoms with Crippen molar-refractivity contribution in [2.24, 2.45) is 5.18 Å². The first-order valence-electron chi connectivity index (χ1n) is 9.01. The van der Waals surface area contributed by atoms with E-state index < -0.39 is 16.1 Å². The van der Waals surface area contributed by atoms with Crippen LogP contribution in [0.4, 0.5) is 0 Å². The Morgan fingerprint density at radius 3 is 2.55 bits per heavy atom. The summed E-state index contributed by atoms with van der Waals surface area (Å²) in [5.74, 6) is -0.229. The lowest BCUT2D eigenvalue weighted by Crippen LogP contribution is -2.36. The molecule has 2 N–H and O–H groups in total. The second-order valence-corrected chi connectivity index (χ2v) is 8.70. The van der Waals surface area contributed by atoms with Crippen molar-refractivity contribution < 1.29 is 13.2 Å². The molecule has 0 fully saturated rings. The first-order valence-corrected chi connectivity index (χ1v) is 10.9. The molecule has 1 unspecified atom stereocenters. The number of nitrogens with zero attached hydrogens (tertiary/aromatic N) is 3. The van der Waals surface area contributed by atoms with Crippen molar-refractivity contribution in [1.82, 2.24) is 20.1 Å². The monoisotopic (exact) mass is 417 g/mol. The number of nitrogens with one attached hydrogen (secondary N) is 2. The number of sulfonamides is 1. The van der Waals surface area contributed by atoms with Gasteiger partial charge in [0.05, 0.1) is 42.4 Å². The highest BCUT2D eigenvalue weighted by Crippen LogP contribution is 2.36. The van der Waals surface area contributed by atoms with Crippen molar-refractivity contribution in [2.45, 2.75) is 13.0 Å². The molecule has 1 atom stereocenters. The zero-order valence-corrected chi connectivity index (χ0v) is 17.2. The largest absolute Gasteiger partial charge is 0.355 e. The number of benzene rings is 1. The van der Waals surface area contributed by atoms with Gasteiger partial charge in [0.2, 0.25) is 10.0 Å². The van der Waals surface area contributed by atoms with Crippen molar-refractivity contribution in [3.63, 3.8) is 0 Å². The lowest BCUT2D eigenvalue weighted by molar-refractivity contribution is -0.117. The number of carbonyl (C=O) groups excluding carboxylic acids is 1. The summed E-state index contributed by atoms with van der Waals surface area (Å²) in [6.07, 6.45) is 5.96. The Bertz CT molecular complexity index is 1010. The Morgan fingerprint density at radius 2 is 1.97 bits per heavy atom. The quantitative estimate of drug-likeness (QED) is 0.647. The molecule has 0 saturated carbocycles. The summed E-state index contributed by atoms with van der Waals surface area (Å²) in [5, 5.41) is 7.06. The highest BCUT2D eigenvalue weighted by Gasteiger charge is 2.36. The molecule has 0 aliphatic carbocycles. The minimum absolute atomic E-state index is 0.0604. The SMILES string of the molecule is CNC(=O)C1=C2C=CC(N(CCN=O)S(C)(=O)=O)=CN2NC1c1ccc(C)cc1. The molecule has 3 rings (SSSR count). The Kier molecular flexibility index (Phi) is 5.85. The minimum atomic E-state index is -3.61. The van der Waals surface area contributed by atoms with Gasteiger partial charge in [0, 0.05) is 13.2 Å². The fourth-order valence-corrected chi connectivity index (χ4v) is 4.22. The number of fused-ring (bicyclic) bond motifs is 1. The highest BCUT2D eigenvalue weighted by molar-refractivity contribution is 7.88. The molecule has 2 heterocycles. The number of likely N-dealkylation sites (N-methyl/N-ethyl adjacent to an activating group) is 1. The first kappa shape index (κ1) is 20.7. The molecule has 2 aliphatic rings. The number of nitroso groups, excluding NO2 is 1. The summed E-state index contributed by atoms with van der Waals surface area (Å²) in [6, 6.07) is 7.43. The van der Waals surface area contributed by atoms with Crippen LogP contribution in [0.1, 0.15) is 17.2 Å². The van der Waals surface area contributed by atoms with Crippen LogP contribution in [-0.2, 0) is 14.8 Å². The molecular formula is C19H23N5O4S. The molecule has 2 aliphatic heterocycles. The van der Waals surface area contributed by atoms with Gasteiger partial charge in [0.1, 0.15) is 0 Å². The van der Waals surface area contributed by atoms with Crippen LogP contribution in [-0.4, -0.2) is 50.0 Å². The molecule has 0 aromatic heterocycles. The van der Waals surface area contributed by atoms with Crippen LogP contribution in [0.5, 0.6) is 0 Å². The molecule has 29 heavy (non-hydrogen) atoms. The minimum Gasteiger partial charge on any atom is -0.355 e. The summed E-state index contributed by atoms with van der Waals surface area (Å²) >= 11 is 0. The Morgan fingerprint density at radius 1 is 1.28 bits per heavy atom. The van der Waals surface area contributed by atoms with Crippen molar-refractivity contribution in [1.29, 1.82) is 0 Å². The van der Waals surface area contributed by atoms with Crippen LogP contribution in [0.3, 0.4) is 0 Å². The second-order valence-electron chi connectivity index (χ2n) is 6.80. The standard InChI is InChI=1S/C19H23N5O4S/c1-13-4-6-14(7-5-13)18-17(19(25)20-2)16-9-8-15(12-23(16)22-18)24(11-10-21-26)29(3,27)28/h4-9,12,18,22H,10-11H2,1-3H3,(H,20,25). The van der Waals surface area contributed by atoms with Crippen molar-refractivity contribution in [3.8, 4) is 0 Å². The molecule has 154 valence electrons. The third-order valence-electron chi connectivity index (χ3n) is 4.73. The molecule has 1 aromatic carbocycles. The van der Waals surface area contributed by atoms with E-state index in [9.17, 15) is 18.1 Å². The van der Waals surface area contributed by atoms with Crippen LogP contribution < -0.4 is 10.7 Å². The molecule has 1 aromatic rings. The van der Waals surface area contributed by atoms with E-state index >= 15 is 0 Å². The smallest absolute Gasteiger partial charge is 0.251 e. The molecule has 0 radical (unpaired) electrons. The normalized spacial score (nSPS) is 18.4. The van der Waals surface area contributed by atoms with E-state index in [1.807, 2.05) is 31.2 Å². The predicted molar refractivity (Wildman–Crippen MR) is 109 cm³/mol. The van der Waals surface area contributed by atoms with Crippen LogP contribution in [0.25, 0.3) is 0 Å². The number of allylic oxidation sites excluding steroid dienone is 2. The Hall–Kier alpha value is -2.98. The third-order valence-corrected chi connectivity index (χ3v) is 5.92. The van der Waals surface area contributed by atoms with Gasteiger partial charge in [-0.15, -0.1) is 0 Å². The maximum absolute atomic E-state index is 12.6. The van der Waals surface area contributed by atoms with E-state index in [0.717, 1.165) is 21.7 Å². The van der Waals surface area contributed by atoms with Gasteiger partial charge in [0.25, 0.3) is 5.91 Å². The van der Waals surface area contributed by atoms with Gasteiger partial charge in [-0.25, -0.2) is 13.8 Å². The fraction of sp³-hybridized carbons (Fsp3) is 0.316. The Balaban J connectivity index is 2.00. The van der Waals surface area contributed by atoms with Crippen molar-refractivity contribution >= 4 is 15.9 Å². The third kappa shape index (κ3) is 4.22. The van der Waals surface area contributed by atoms with Gasteiger partial charge in [-0.3, -0.25) is 14.1 Å². The average Bonchev–Trinajstić information content (AvgIpc) is 3.06. The van der Waals surface area contributed by atoms with Crippen LogP contribution >= 0.6 is 0 Å². The second kappa shape index (κ2) is 8.18. The topological polar surface area (TPSA) is 111 Å². The number of rotatable bonds is 7. The van der Waals surface area contributed by atoms with Crippen molar-refractivity contribution in [2.75, 3.05) is 26.4 Å². The predicted octanol–water partition coefficient (Wildman–Crippen LogP) is 1.30. The average molecular weight is 417 g/mol. The number of aryl methyl sites for hydroxylation is 1. The first-order chi connectivity index (χ1) is 13.8. The van der Waals surface area contributed by atoms with E-state index in [0.29, 0.717) is 17.0 Å². The molecule has 1 amide bonds. The maximum atomic E-state index is 12.6. The number of hydrogen-bond acceptors (Lipinski definition) is 7. The molecule has 0 saturated heterocycles. The number of carbonyl (C=O) groups is 1.